The highest BCUT2D eigenvalue weighted by molar-refractivity contribution is 6.12. The minimum Gasteiger partial charge on any atom is -0.489 e. The molecule has 1 aliphatic heterocycles. The van der Waals surface area contributed by atoms with E-state index in [2.05, 4.69) is 30.9 Å². The Morgan fingerprint density at radius 3 is 1.98 bits per heavy atom. The molecule has 2 heterocycles. The van der Waals surface area contributed by atoms with E-state index < -0.39 is 139 Å². The first-order valence-electron chi connectivity index (χ1n) is 30.4. The summed E-state index contributed by atoms with van der Waals surface area (Å²) in [6.07, 6.45) is 1.73. The molecule has 2 unspecified atom stereocenters. The van der Waals surface area contributed by atoms with Gasteiger partial charge < -0.3 is 51.9 Å². The van der Waals surface area contributed by atoms with Crippen LogP contribution in [0.15, 0.2) is 121 Å². The number of amides is 5. The zero-order chi connectivity index (χ0) is 68.1. The van der Waals surface area contributed by atoms with E-state index in [1.807, 2.05) is 35.8 Å². The van der Waals surface area contributed by atoms with Gasteiger partial charge in [0.05, 0.1) is 22.2 Å². The summed E-state index contributed by atoms with van der Waals surface area (Å²) >= 11 is 0. The first kappa shape index (κ1) is 71.7. The molecule has 93 heavy (non-hydrogen) atoms. The lowest BCUT2D eigenvalue weighted by molar-refractivity contribution is -0.548. The van der Waals surface area contributed by atoms with E-state index in [0.717, 1.165) is 28.7 Å². The summed E-state index contributed by atoms with van der Waals surface area (Å²) in [4.78, 5) is 153. The molecule has 0 spiro atoms. The number of aromatic nitrogens is 2. The van der Waals surface area contributed by atoms with Gasteiger partial charge in [0.2, 0.25) is 29.2 Å². The largest absolute Gasteiger partial charge is 0.489 e. The summed E-state index contributed by atoms with van der Waals surface area (Å²) in [5, 5.41) is 57.1. The van der Waals surface area contributed by atoms with Gasteiger partial charge in [-0.15, -0.1) is 5.43 Å². The lowest BCUT2D eigenvalue weighted by Gasteiger charge is -2.39. The van der Waals surface area contributed by atoms with Crippen LogP contribution < -0.4 is 42.5 Å². The number of Topliss-reactive ketones (excluding diaryl/α,β-unsaturated/α-hetero) is 1. The van der Waals surface area contributed by atoms with E-state index in [-0.39, 0.29) is 82.9 Å². The number of imidazole rings is 1. The summed E-state index contributed by atoms with van der Waals surface area (Å²) < 4.78 is 11.6. The van der Waals surface area contributed by atoms with Crippen molar-refractivity contribution in [3.63, 3.8) is 0 Å². The molecule has 1 aromatic heterocycles. The fraction of sp³-hybridized carbons (Fsp3) is 0.444. The Morgan fingerprint density at radius 2 is 1.41 bits per heavy atom. The number of esters is 1. The number of nitrogens with one attached hydrogen (secondary N) is 5. The van der Waals surface area contributed by atoms with E-state index in [1.165, 1.54) is 26.4 Å². The number of hydrogen-bond acceptors (Lipinski definition) is 18. The number of para-hydroxylation sites is 1. The molecule has 0 saturated carbocycles. The van der Waals surface area contributed by atoms with Gasteiger partial charge in [-0.1, -0.05) is 127 Å². The number of anilines is 1. The van der Waals surface area contributed by atoms with Gasteiger partial charge in [0, 0.05) is 49.8 Å². The number of hydrogen-bond donors (Lipinski definition) is 8. The predicted octanol–water partition coefficient (Wildman–Crippen LogP) is 4.43. The number of H-pyrrole nitrogens is 1. The number of rotatable bonds is 35. The number of nitro groups is 3. The van der Waals surface area contributed by atoms with Crippen LogP contribution in [0.3, 0.4) is 0 Å². The predicted molar refractivity (Wildman–Crippen MR) is 339 cm³/mol. The van der Waals surface area contributed by atoms with Gasteiger partial charge in [0.25, 0.3) is 5.91 Å². The van der Waals surface area contributed by atoms with Crippen LogP contribution in [0.25, 0.3) is 0 Å². The van der Waals surface area contributed by atoms with Crippen molar-refractivity contribution in [2.75, 3.05) is 18.0 Å². The molecule has 10 N–H and O–H groups in total. The second-order valence-electron chi connectivity index (χ2n) is 23.0. The summed E-state index contributed by atoms with van der Waals surface area (Å²) in [7, 11) is 0. The first-order chi connectivity index (χ1) is 44.3. The lowest BCUT2D eigenvalue weighted by Crippen LogP contribution is -2.64. The van der Waals surface area contributed by atoms with E-state index in [1.54, 1.807) is 82.3 Å². The van der Waals surface area contributed by atoms with Gasteiger partial charge in [-0.2, -0.15) is 0 Å². The molecule has 0 radical (unpaired) electrons. The van der Waals surface area contributed by atoms with E-state index in [9.17, 15) is 49.8 Å². The molecule has 0 bridgehead atoms. The van der Waals surface area contributed by atoms with Crippen LogP contribution in [-0.2, 0) is 64.4 Å². The highest BCUT2D eigenvalue weighted by atomic mass is 16.7. The SMILES string of the molecule is CCC(C)C(O)(C(=O)OCc1ccccc1)C(=O)[C@@H]1CCCN1C(=O)[C@H](Cc1cnc[nH]1)N(C(=O)[C@@H](NC(=O)[C@H](Cc1ccc(OCc2ccccc2)cc1)NC(=O)[C@@H](NC(=O)[C@H](CCCN=C(N)N)N[N+](=O)[O-])C(C)C)[C@@H](C)CC)c1cccc([N+](=O)[O-])c1[N+](=O)[O-]. The Bertz CT molecular complexity index is 3450. The van der Waals surface area contributed by atoms with E-state index in [4.69, 9.17) is 20.9 Å². The lowest BCUT2D eigenvalue weighted by atomic mass is 9.79. The second-order valence-corrected chi connectivity index (χ2v) is 23.0. The summed E-state index contributed by atoms with van der Waals surface area (Å²) in [6.45, 7) is 9.08. The highest BCUT2D eigenvalue weighted by Gasteiger charge is 2.56. The molecule has 5 aromatic rings. The molecule has 4 aromatic carbocycles. The Hall–Kier alpha value is -10.4. The van der Waals surface area contributed by atoms with Crippen molar-refractivity contribution < 1.29 is 63.0 Å². The maximum Gasteiger partial charge on any atom is 0.369 e. The molecule has 6 rings (SSSR count). The number of nitrogens with two attached hydrogens (primary N) is 2. The quantitative estimate of drug-likeness (QED) is 0.00529. The van der Waals surface area contributed by atoms with Gasteiger partial charge in [0.15, 0.2) is 22.8 Å². The number of aliphatic imine (C=N–C) groups is 1. The zero-order valence-electron chi connectivity index (χ0n) is 52.5. The third-order valence-electron chi connectivity index (χ3n) is 16.3. The number of guanidine groups is 1. The number of nitro benzene ring substituents is 2. The Balaban J connectivity index is 1.45. The number of aliphatic hydroxyl groups is 1. The number of benzene rings is 4. The van der Waals surface area contributed by atoms with Crippen LogP contribution in [0.5, 0.6) is 5.75 Å². The van der Waals surface area contributed by atoms with Crippen molar-refractivity contribution in [1.82, 2.24) is 36.2 Å². The van der Waals surface area contributed by atoms with Gasteiger partial charge in [0.1, 0.15) is 48.8 Å². The molecule has 30 heteroatoms. The van der Waals surface area contributed by atoms with Crippen molar-refractivity contribution in [3.8, 4) is 5.75 Å². The standard InChI is InChI=1S/C63H80N14O16/c1-7-39(5)53(71-57(80)47(32-41-26-28-45(29-27-41)92-35-42-18-11-9-12-19-42)69-58(81)52(38(3)4)70-56(79)46(72-77(90)91)22-16-30-67-62(64)65)60(83)74(48-23-15-24-49(75(86)87)54(48)76(88)89)51(33-44-34-66-37-68-44)59(82)73-31-17-25-50(73)55(78)63(85,40(6)8-2)61(84)93-36-43-20-13-10-14-21-43/h9-15,18-21,23-24,26-29,34,37-40,46-47,50-53,72,85H,7-8,16-17,22,25,30-33,35-36H2,1-6H3,(H,66,68)(H,69,81)(H,70,79)(H,71,80)(H4,64,65,67)/t39-,40?,46-,47-,50-,51-,52-,53-,63?/m0/s1. The van der Waals surface area contributed by atoms with Crippen LogP contribution in [0.1, 0.15) is 102 Å². The molecule has 9 atom stereocenters. The van der Waals surface area contributed by atoms with Gasteiger partial charge >= 0.3 is 17.3 Å². The molecule has 1 aliphatic rings. The van der Waals surface area contributed by atoms with E-state index in [0.29, 0.717) is 21.8 Å². The number of ketones is 1. The smallest absolute Gasteiger partial charge is 0.369 e. The summed E-state index contributed by atoms with van der Waals surface area (Å²) in [5.74, 6) is -10.3. The van der Waals surface area contributed by atoms with Crippen LogP contribution in [0.2, 0.25) is 0 Å². The first-order valence-corrected chi connectivity index (χ1v) is 30.4. The van der Waals surface area contributed by atoms with Crippen LogP contribution in [0.4, 0.5) is 17.1 Å². The van der Waals surface area contributed by atoms with Crippen LogP contribution in [0, 0.1) is 48.1 Å². The van der Waals surface area contributed by atoms with Crippen LogP contribution >= 0.6 is 0 Å². The Morgan fingerprint density at radius 1 is 0.774 bits per heavy atom. The fourth-order valence-corrected chi connectivity index (χ4v) is 10.7. The van der Waals surface area contributed by atoms with Gasteiger partial charge in [-0.25, -0.2) is 19.9 Å². The van der Waals surface area contributed by atoms with Crippen LogP contribution in [-0.4, -0.2) is 137 Å². The topological polar surface area (TPSA) is 435 Å². The molecular weight excluding hydrogens is 1210 g/mol. The Kier molecular flexibility index (Phi) is 25.9. The number of ether oxygens (including phenoxy) is 2. The molecule has 30 nitrogen and oxygen atoms in total. The molecule has 0 aliphatic carbocycles. The van der Waals surface area contributed by atoms with Gasteiger partial charge in [-0.05, 0) is 78.8 Å². The number of carbonyl (C=O) groups is 7. The number of likely N-dealkylation sites (tertiary alicyclic amines) is 1. The van der Waals surface area contributed by atoms with Crippen molar-refractivity contribution in [2.45, 2.75) is 148 Å². The minimum atomic E-state index is -2.84. The molecule has 5 amide bonds. The van der Waals surface area contributed by atoms with E-state index >= 15 is 19.2 Å². The number of aromatic amines is 1. The van der Waals surface area contributed by atoms with Crippen molar-refractivity contribution >= 4 is 64.3 Å². The minimum absolute atomic E-state index is 0.0109. The van der Waals surface area contributed by atoms with Crippen molar-refractivity contribution in [1.29, 1.82) is 0 Å². The second kappa shape index (κ2) is 33.6. The maximum atomic E-state index is 16.2. The number of nitrogens with zero attached hydrogens (tertiary/aromatic N) is 7. The fourth-order valence-electron chi connectivity index (χ4n) is 10.7. The average Bonchev–Trinajstić information content (AvgIpc) is 1.73. The normalized spacial score (nSPS) is 15.7. The third-order valence-corrected chi connectivity index (χ3v) is 16.3. The molecule has 1 saturated heterocycles. The highest BCUT2D eigenvalue weighted by Crippen LogP contribution is 2.40. The molecule has 1 fully saturated rings. The molecule has 498 valence electrons. The van der Waals surface area contributed by atoms with Crippen molar-refractivity contribution in [2.24, 2.45) is 34.2 Å². The monoisotopic (exact) mass is 1290 g/mol. The number of hydrazine groups is 1. The summed E-state index contributed by atoms with van der Waals surface area (Å²) in [6, 6.07) is 17.1. The average molecular weight is 1290 g/mol. The number of carbonyl (C=O) groups excluding carboxylic acids is 7. The summed E-state index contributed by atoms with van der Waals surface area (Å²) in [5.41, 5.74) is 8.84. The Labute approximate surface area is 536 Å². The van der Waals surface area contributed by atoms with Crippen molar-refractivity contribution in [3.05, 3.63) is 168 Å². The third kappa shape index (κ3) is 18.9. The maximum absolute atomic E-state index is 16.2. The molecular formula is C63H80N14O16. The zero-order valence-corrected chi connectivity index (χ0v) is 52.5. The van der Waals surface area contributed by atoms with Gasteiger partial charge in [-0.3, -0.25) is 58.9 Å².